The third-order valence-electron chi connectivity index (χ3n) is 2.98. The lowest BCUT2D eigenvalue weighted by Gasteiger charge is -2.36. The van der Waals surface area contributed by atoms with E-state index < -0.39 is 26.7 Å². The topological polar surface area (TPSA) is 89.3 Å². The largest absolute Gasteiger partial charge is 0.313 e. The average Bonchev–Trinajstić information content (AvgIpc) is 2.97. The summed E-state index contributed by atoms with van der Waals surface area (Å²) in [5.74, 6) is -0.978. The van der Waals surface area contributed by atoms with Crippen LogP contribution in [-0.2, 0) is 14.8 Å². The highest BCUT2D eigenvalue weighted by molar-refractivity contribution is 7.90. The monoisotopic (exact) mass is 242 g/mol. The van der Waals surface area contributed by atoms with Crippen LogP contribution in [0.25, 0.3) is 0 Å². The van der Waals surface area contributed by atoms with Crippen LogP contribution in [0.3, 0.4) is 0 Å². The van der Waals surface area contributed by atoms with Crippen molar-refractivity contribution in [2.24, 2.45) is 11.7 Å². The minimum Gasteiger partial charge on any atom is -0.313 e. The first-order valence-electron chi connectivity index (χ1n) is 5.07. The molecule has 0 heterocycles. The van der Waals surface area contributed by atoms with E-state index in [1.165, 1.54) is 12.2 Å². The van der Waals surface area contributed by atoms with Gasteiger partial charge in [0.15, 0.2) is 0 Å². The molecule has 0 bridgehead atoms. The minimum atomic E-state index is -3.53. The lowest BCUT2D eigenvalue weighted by atomic mass is 9.75. The first-order chi connectivity index (χ1) is 7.40. The van der Waals surface area contributed by atoms with E-state index in [-0.39, 0.29) is 5.92 Å². The molecule has 5 nitrogen and oxygen atoms in total. The van der Waals surface area contributed by atoms with Gasteiger partial charge in [-0.15, -0.1) is 6.58 Å². The Bertz CT molecular complexity index is 464. The van der Waals surface area contributed by atoms with E-state index in [0.717, 1.165) is 0 Å². The van der Waals surface area contributed by atoms with Gasteiger partial charge in [0.2, 0.25) is 10.0 Å². The SMILES string of the molecule is C=C[C@@H]1C=C[C@]1(N)C(=O)NS(=O)(=O)C1CC1. The van der Waals surface area contributed by atoms with Crippen molar-refractivity contribution < 1.29 is 13.2 Å². The predicted molar refractivity (Wildman–Crippen MR) is 59.8 cm³/mol. The molecule has 0 aromatic heterocycles. The highest BCUT2D eigenvalue weighted by atomic mass is 32.2. The summed E-state index contributed by atoms with van der Waals surface area (Å²) in [5, 5.41) is -0.425. The van der Waals surface area contributed by atoms with Crippen molar-refractivity contribution >= 4 is 15.9 Å². The van der Waals surface area contributed by atoms with Gasteiger partial charge in [-0.2, -0.15) is 0 Å². The fourth-order valence-electron chi connectivity index (χ4n) is 1.59. The number of rotatable bonds is 4. The zero-order valence-electron chi connectivity index (χ0n) is 8.72. The van der Waals surface area contributed by atoms with Gasteiger partial charge in [-0.3, -0.25) is 9.52 Å². The summed E-state index contributed by atoms with van der Waals surface area (Å²) in [6.07, 6.45) is 5.97. The molecule has 2 aliphatic carbocycles. The standard InChI is InChI=1S/C10H14N2O3S/c1-2-7-5-6-10(7,11)9(13)12-16(14,15)8-3-4-8/h2,5-8H,1,3-4,11H2,(H,12,13)/t7-,10-/m1/s1. The van der Waals surface area contributed by atoms with Gasteiger partial charge in [0.1, 0.15) is 5.54 Å². The summed E-state index contributed by atoms with van der Waals surface area (Å²) < 4.78 is 25.1. The molecule has 1 amide bonds. The summed E-state index contributed by atoms with van der Waals surface area (Å²) >= 11 is 0. The van der Waals surface area contributed by atoms with E-state index in [4.69, 9.17) is 5.73 Å². The summed E-state index contributed by atoms with van der Waals surface area (Å²) in [6, 6.07) is 0. The normalized spacial score (nSPS) is 32.9. The second kappa shape index (κ2) is 3.43. The van der Waals surface area contributed by atoms with Gasteiger partial charge in [-0.1, -0.05) is 18.2 Å². The van der Waals surface area contributed by atoms with Gasteiger partial charge >= 0.3 is 0 Å². The Labute approximate surface area is 94.4 Å². The van der Waals surface area contributed by atoms with E-state index >= 15 is 0 Å². The number of hydrogen-bond donors (Lipinski definition) is 2. The van der Waals surface area contributed by atoms with E-state index in [1.54, 1.807) is 6.08 Å². The molecule has 0 saturated heterocycles. The maximum absolute atomic E-state index is 11.7. The Morgan fingerprint density at radius 2 is 2.19 bits per heavy atom. The molecule has 2 aliphatic rings. The second-order valence-corrected chi connectivity index (χ2v) is 6.19. The molecular weight excluding hydrogens is 228 g/mol. The minimum absolute atomic E-state index is 0.304. The average molecular weight is 242 g/mol. The molecule has 16 heavy (non-hydrogen) atoms. The molecule has 2 atom stereocenters. The predicted octanol–water partition coefficient (Wildman–Crippen LogP) is -0.336. The van der Waals surface area contributed by atoms with Gasteiger partial charge in [0.25, 0.3) is 5.91 Å². The smallest absolute Gasteiger partial charge is 0.258 e. The lowest BCUT2D eigenvalue weighted by Crippen LogP contribution is -2.61. The van der Waals surface area contributed by atoms with Crippen molar-refractivity contribution in [1.82, 2.24) is 4.72 Å². The Morgan fingerprint density at radius 1 is 1.56 bits per heavy atom. The number of hydrogen-bond acceptors (Lipinski definition) is 4. The molecule has 6 heteroatoms. The van der Waals surface area contributed by atoms with Crippen molar-refractivity contribution in [3.05, 3.63) is 24.8 Å². The van der Waals surface area contributed by atoms with Crippen LogP contribution in [-0.4, -0.2) is 25.1 Å². The van der Waals surface area contributed by atoms with Gasteiger partial charge in [-0.05, 0) is 12.8 Å². The van der Waals surface area contributed by atoms with E-state index in [1.807, 2.05) is 4.72 Å². The molecule has 2 rings (SSSR count). The maximum atomic E-state index is 11.7. The molecule has 0 spiro atoms. The van der Waals surface area contributed by atoms with Gasteiger partial charge in [-0.25, -0.2) is 8.42 Å². The first kappa shape index (κ1) is 11.3. The summed E-state index contributed by atoms with van der Waals surface area (Å²) in [5.41, 5.74) is 4.53. The summed E-state index contributed by atoms with van der Waals surface area (Å²) in [7, 11) is -3.53. The molecule has 88 valence electrons. The number of carbonyl (C=O) groups is 1. The zero-order valence-corrected chi connectivity index (χ0v) is 9.53. The Balaban J connectivity index is 2.09. The quantitative estimate of drug-likeness (QED) is 0.660. The van der Waals surface area contributed by atoms with Crippen LogP contribution in [0, 0.1) is 5.92 Å². The number of nitrogens with two attached hydrogens (primary N) is 1. The Hall–Kier alpha value is -1.14. The Kier molecular flexibility index (Phi) is 2.43. The van der Waals surface area contributed by atoms with Crippen LogP contribution in [0.5, 0.6) is 0 Å². The van der Waals surface area contributed by atoms with Crippen molar-refractivity contribution in [3.8, 4) is 0 Å². The molecule has 0 aromatic rings. The maximum Gasteiger partial charge on any atom is 0.258 e. The number of nitrogens with one attached hydrogen (secondary N) is 1. The van der Waals surface area contributed by atoms with Gasteiger partial charge in [0.05, 0.1) is 5.25 Å². The number of amides is 1. The molecule has 0 aromatic carbocycles. The number of sulfonamides is 1. The third-order valence-corrected chi connectivity index (χ3v) is 4.80. The van der Waals surface area contributed by atoms with Crippen LogP contribution in [0.2, 0.25) is 0 Å². The van der Waals surface area contributed by atoms with E-state index in [2.05, 4.69) is 6.58 Å². The summed E-state index contributed by atoms with van der Waals surface area (Å²) in [6.45, 7) is 3.54. The van der Waals surface area contributed by atoms with E-state index in [9.17, 15) is 13.2 Å². The summed E-state index contributed by atoms with van der Waals surface area (Å²) in [4.78, 5) is 11.7. The Morgan fingerprint density at radius 3 is 2.56 bits per heavy atom. The number of carbonyl (C=O) groups excluding carboxylic acids is 1. The molecule has 0 aliphatic heterocycles. The molecule has 0 radical (unpaired) electrons. The van der Waals surface area contributed by atoms with Gasteiger partial charge < -0.3 is 5.73 Å². The molecule has 1 fully saturated rings. The van der Waals surface area contributed by atoms with Crippen LogP contribution >= 0.6 is 0 Å². The van der Waals surface area contributed by atoms with Crippen LogP contribution in [0.4, 0.5) is 0 Å². The van der Waals surface area contributed by atoms with Crippen LogP contribution in [0.15, 0.2) is 24.8 Å². The first-order valence-corrected chi connectivity index (χ1v) is 6.61. The van der Waals surface area contributed by atoms with Crippen molar-refractivity contribution in [3.63, 3.8) is 0 Å². The highest BCUT2D eigenvalue weighted by Crippen LogP contribution is 2.31. The van der Waals surface area contributed by atoms with Crippen LogP contribution in [0.1, 0.15) is 12.8 Å². The van der Waals surface area contributed by atoms with Gasteiger partial charge in [0, 0.05) is 5.92 Å². The molecule has 3 N–H and O–H groups in total. The van der Waals surface area contributed by atoms with Crippen molar-refractivity contribution in [1.29, 1.82) is 0 Å². The lowest BCUT2D eigenvalue weighted by molar-refractivity contribution is -0.124. The fraction of sp³-hybridized carbons (Fsp3) is 0.500. The molecular formula is C10H14N2O3S. The van der Waals surface area contributed by atoms with Crippen molar-refractivity contribution in [2.45, 2.75) is 23.6 Å². The fourth-order valence-corrected chi connectivity index (χ4v) is 2.95. The van der Waals surface area contributed by atoms with Crippen LogP contribution < -0.4 is 10.5 Å². The second-order valence-electron chi connectivity index (χ2n) is 4.23. The molecule has 0 unspecified atom stereocenters. The zero-order chi connectivity index (χ0) is 12.0. The molecule has 1 saturated carbocycles. The third kappa shape index (κ3) is 1.68. The van der Waals surface area contributed by atoms with E-state index in [0.29, 0.717) is 12.8 Å². The van der Waals surface area contributed by atoms with Crippen molar-refractivity contribution in [2.75, 3.05) is 0 Å². The highest BCUT2D eigenvalue weighted by Gasteiger charge is 2.46.